The van der Waals surface area contributed by atoms with E-state index in [0.717, 1.165) is 16.8 Å². The lowest BCUT2D eigenvalue weighted by Crippen LogP contribution is -2.06. The lowest BCUT2D eigenvalue weighted by atomic mass is 10.1. The van der Waals surface area contributed by atoms with Crippen LogP contribution in [0, 0.1) is 11.3 Å². The highest BCUT2D eigenvalue weighted by atomic mass is 16.5. The predicted octanol–water partition coefficient (Wildman–Crippen LogP) is 2.71. The molecule has 4 aromatic heterocycles. The highest BCUT2D eigenvalue weighted by Gasteiger charge is 2.18. The third-order valence-electron chi connectivity index (χ3n) is 4.09. The Hall–Kier alpha value is -3.86. The number of nitrogens with one attached hydrogen (secondary N) is 1. The zero-order valence-electron chi connectivity index (χ0n) is 13.9. The van der Waals surface area contributed by atoms with Gasteiger partial charge in [0.25, 0.3) is 0 Å². The summed E-state index contributed by atoms with van der Waals surface area (Å²) in [7, 11) is 0. The van der Waals surface area contributed by atoms with Gasteiger partial charge >= 0.3 is 0 Å². The van der Waals surface area contributed by atoms with Gasteiger partial charge in [0.05, 0.1) is 18.1 Å². The molecule has 0 spiro atoms. The number of rotatable bonds is 4. The largest absolute Gasteiger partial charge is 0.482 e. The lowest BCUT2D eigenvalue weighted by molar-refractivity contribution is 0.224. The molecule has 0 saturated heterocycles. The summed E-state index contributed by atoms with van der Waals surface area (Å²) in [4.78, 5) is 4.32. The molecule has 128 valence electrons. The molecule has 0 fully saturated rings. The normalized spacial score (nSPS) is 12.0. The van der Waals surface area contributed by atoms with Crippen molar-refractivity contribution in [1.29, 1.82) is 5.26 Å². The van der Waals surface area contributed by atoms with Gasteiger partial charge in [-0.05, 0) is 25.1 Å². The molecule has 3 N–H and O–H groups in total. The molecule has 8 heteroatoms. The van der Waals surface area contributed by atoms with Crippen LogP contribution in [0.4, 0.5) is 5.82 Å². The first-order valence-electron chi connectivity index (χ1n) is 7.95. The molecular weight excluding hydrogens is 330 g/mol. The van der Waals surface area contributed by atoms with Gasteiger partial charge < -0.3 is 10.5 Å². The SMILES string of the molecule is C[C@@H](Oc1cc(-c2cn[nH]c2N)cn2ncc(C#N)c12)c1ccccn1. The molecule has 26 heavy (non-hydrogen) atoms. The maximum atomic E-state index is 9.39. The number of ether oxygens (including phenoxy) is 1. The average molecular weight is 345 g/mol. The number of aromatic nitrogens is 5. The van der Waals surface area contributed by atoms with E-state index in [2.05, 4.69) is 26.3 Å². The Morgan fingerprint density at radius 3 is 2.92 bits per heavy atom. The van der Waals surface area contributed by atoms with Gasteiger partial charge in [-0.1, -0.05) is 6.07 Å². The minimum atomic E-state index is -0.307. The van der Waals surface area contributed by atoms with Gasteiger partial charge in [-0.2, -0.15) is 15.5 Å². The van der Waals surface area contributed by atoms with E-state index in [9.17, 15) is 5.26 Å². The van der Waals surface area contributed by atoms with E-state index in [1.807, 2.05) is 31.2 Å². The van der Waals surface area contributed by atoms with Crippen LogP contribution < -0.4 is 10.5 Å². The van der Waals surface area contributed by atoms with Crippen LogP contribution in [-0.4, -0.2) is 24.8 Å². The molecule has 0 radical (unpaired) electrons. The van der Waals surface area contributed by atoms with Crippen LogP contribution in [0.3, 0.4) is 0 Å². The van der Waals surface area contributed by atoms with Crippen molar-refractivity contribution in [3.8, 4) is 22.9 Å². The Morgan fingerprint density at radius 2 is 2.23 bits per heavy atom. The molecular formula is C18H15N7O. The van der Waals surface area contributed by atoms with Crippen LogP contribution in [-0.2, 0) is 0 Å². The molecule has 0 aliphatic heterocycles. The number of anilines is 1. The lowest BCUT2D eigenvalue weighted by Gasteiger charge is -2.16. The number of fused-ring (bicyclic) bond motifs is 1. The smallest absolute Gasteiger partial charge is 0.148 e. The number of hydrogen-bond donors (Lipinski definition) is 2. The molecule has 0 unspecified atom stereocenters. The Balaban J connectivity index is 1.84. The van der Waals surface area contributed by atoms with Crippen LogP contribution >= 0.6 is 0 Å². The van der Waals surface area contributed by atoms with Crippen LogP contribution in [0.1, 0.15) is 24.3 Å². The van der Waals surface area contributed by atoms with Crippen molar-refractivity contribution in [3.63, 3.8) is 0 Å². The Labute approximate surface area is 148 Å². The zero-order valence-corrected chi connectivity index (χ0v) is 13.9. The quantitative estimate of drug-likeness (QED) is 0.587. The summed E-state index contributed by atoms with van der Waals surface area (Å²) in [6.07, 6.45) is 6.34. The summed E-state index contributed by atoms with van der Waals surface area (Å²) < 4.78 is 7.76. The van der Waals surface area contributed by atoms with Crippen molar-refractivity contribution in [1.82, 2.24) is 24.8 Å². The molecule has 4 heterocycles. The summed E-state index contributed by atoms with van der Waals surface area (Å²) in [5.41, 5.74) is 9.27. The second-order valence-electron chi connectivity index (χ2n) is 5.77. The summed E-state index contributed by atoms with van der Waals surface area (Å²) in [5.74, 6) is 0.969. The highest BCUT2D eigenvalue weighted by Crippen LogP contribution is 2.33. The molecule has 4 aromatic rings. The summed E-state index contributed by atoms with van der Waals surface area (Å²) >= 11 is 0. The first kappa shape index (κ1) is 15.7. The first-order chi connectivity index (χ1) is 12.7. The Kier molecular flexibility index (Phi) is 3.74. The van der Waals surface area contributed by atoms with E-state index >= 15 is 0 Å². The number of nitrogens with two attached hydrogens (primary N) is 1. The maximum Gasteiger partial charge on any atom is 0.148 e. The minimum Gasteiger partial charge on any atom is -0.482 e. The van der Waals surface area contributed by atoms with Gasteiger partial charge in [0.15, 0.2) is 0 Å². The van der Waals surface area contributed by atoms with E-state index in [1.165, 1.54) is 6.20 Å². The third-order valence-corrected chi connectivity index (χ3v) is 4.09. The second kappa shape index (κ2) is 6.22. The van der Waals surface area contributed by atoms with Crippen molar-refractivity contribution in [2.24, 2.45) is 0 Å². The summed E-state index contributed by atoms with van der Waals surface area (Å²) in [5, 5.41) is 20.3. The second-order valence-corrected chi connectivity index (χ2v) is 5.77. The van der Waals surface area contributed by atoms with Gasteiger partial charge in [-0.15, -0.1) is 0 Å². The molecule has 0 bridgehead atoms. The van der Waals surface area contributed by atoms with Gasteiger partial charge in [0.1, 0.15) is 34.8 Å². The molecule has 0 aliphatic rings. The zero-order chi connectivity index (χ0) is 18.1. The average Bonchev–Trinajstić information content (AvgIpc) is 3.28. The molecule has 1 atom stereocenters. The Bertz CT molecular complexity index is 1110. The highest BCUT2D eigenvalue weighted by molar-refractivity contribution is 5.79. The Morgan fingerprint density at radius 1 is 1.35 bits per heavy atom. The third kappa shape index (κ3) is 2.61. The minimum absolute atomic E-state index is 0.307. The van der Waals surface area contributed by atoms with E-state index in [-0.39, 0.29) is 6.10 Å². The van der Waals surface area contributed by atoms with Crippen LogP contribution in [0.5, 0.6) is 5.75 Å². The van der Waals surface area contributed by atoms with Crippen LogP contribution in [0.25, 0.3) is 16.6 Å². The van der Waals surface area contributed by atoms with Gasteiger partial charge in [-0.25, -0.2) is 4.52 Å². The van der Waals surface area contributed by atoms with Gasteiger partial charge in [0.2, 0.25) is 0 Å². The first-order valence-corrected chi connectivity index (χ1v) is 7.95. The van der Waals surface area contributed by atoms with Crippen LogP contribution in [0.2, 0.25) is 0 Å². The van der Waals surface area contributed by atoms with E-state index < -0.39 is 0 Å². The fourth-order valence-corrected chi connectivity index (χ4v) is 2.80. The fraction of sp³-hybridized carbons (Fsp3) is 0.111. The van der Waals surface area contributed by atoms with Crippen molar-refractivity contribution in [2.45, 2.75) is 13.0 Å². The number of H-pyrrole nitrogens is 1. The number of nitrogen functional groups attached to an aromatic ring is 1. The molecule has 0 saturated carbocycles. The van der Waals surface area contributed by atoms with E-state index in [1.54, 1.807) is 23.1 Å². The van der Waals surface area contributed by atoms with Gasteiger partial charge in [-0.3, -0.25) is 10.1 Å². The van der Waals surface area contributed by atoms with Gasteiger partial charge in [0, 0.05) is 23.5 Å². The monoisotopic (exact) mass is 345 g/mol. The number of nitriles is 1. The number of pyridine rings is 2. The molecule has 0 amide bonds. The van der Waals surface area contributed by atoms with Crippen LogP contribution in [0.15, 0.2) is 49.1 Å². The predicted molar refractivity (Wildman–Crippen MR) is 95.2 cm³/mol. The topological polar surface area (TPSA) is 118 Å². The number of nitrogens with zero attached hydrogens (tertiary/aromatic N) is 5. The molecule has 8 nitrogen and oxygen atoms in total. The van der Waals surface area contributed by atoms with Crippen molar-refractivity contribution in [2.75, 3.05) is 5.73 Å². The standard InChI is InChI=1S/C18H15N7O/c1-11(15-4-2-3-5-21-15)26-16-6-12(14-9-22-24-18(14)20)10-25-17(16)13(7-19)8-23-25/h2-6,8-11H,1H3,(H3,20,22,24)/t11-/m1/s1. The van der Waals surface area contributed by atoms with Crippen molar-refractivity contribution < 1.29 is 4.74 Å². The van der Waals surface area contributed by atoms with Crippen molar-refractivity contribution >= 4 is 11.3 Å². The molecule has 4 rings (SSSR count). The summed E-state index contributed by atoms with van der Waals surface area (Å²) in [6.45, 7) is 1.90. The number of aromatic amines is 1. The summed E-state index contributed by atoms with van der Waals surface area (Å²) in [6, 6.07) is 9.62. The number of hydrogen-bond acceptors (Lipinski definition) is 6. The fourth-order valence-electron chi connectivity index (χ4n) is 2.80. The van der Waals surface area contributed by atoms with Crippen molar-refractivity contribution in [3.05, 3.63) is 60.3 Å². The molecule has 0 aliphatic carbocycles. The maximum absolute atomic E-state index is 9.39. The molecule has 0 aromatic carbocycles. The van der Waals surface area contributed by atoms with E-state index in [0.29, 0.717) is 22.6 Å². The van der Waals surface area contributed by atoms with E-state index in [4.69, 9.17) is 10.5 Å².